The quantitative estimate of drug-likeness (QED) is 0.388. The van der Waals surface area contributed by atoms with Crippen molar-refractivity contribution in [2.24, 2.45) is 9.98 Å². The number of allylic oxidation sites excluding steroid dienone is 1. The number of amides is 1. The van der Waals surface area contributed by atoms with E-state index in [1.807, 2.05) is 0 Å². The minimum Gasteiger partial charge on any atom is -0.512 e. The Bertz CT molecular complexity index is 1170. The smallest absolute Gasteiger partial charge is 0.343 e. The van der Waals surface area contributed by atoms with Gasteiger partial charge in [-0.25, -0.2) is 9.79 Å². The summed E-state index contributed by atoms with van der Waals surface area (Å²) in [6.45, 7) is 3.16. The van der Waals surface area contributed by atoms with Gasteiger partial charge in [0.05, 0.1) is 33.6 Å². The molecule has 9 heteroatoms. The van der Waals surface area contributed by atoms with E-state index in [-0.39, 0.29) is 35.0 Å². The molecule has 1 aliphatic heterocycles. The minimum absolute atomic E-state index is 0.0882. The normalized spacial score (nSPS) is 14.2. The van der Waals surface area contributed by atoms with E-state index in [2.05, 4.69) is 9.98 Å². The molecule has 33 heavy (non-hydrogen) atoms. The molecule has 3 rings (SSSR count). The SMILES string of the molecule is CCOC(=O)/C(C1=NC(=NC(=O)c2cc(OC)c(OC)c(OC)c2)c2ccccc21)=C(\C)O. The third kappa shape index (κ3) is 4.57. The predicted molar refractivity (Wildman–Crippen MR) is 122 cm³/mol. The summed E-state index contributed by atoms with van der Waals surface area (Å²) in [5.41, 5.74) is 1.37. The van der Waals surface area contributed by atoms with Crippen LogP contribution in [-0.2, 0) is 9.53 Å². The fourth-order valence-electron chi connectivity index (χ4n) is 3.37. The number of aliphatic hydroxyl groups excluding tert-OH is 1. The van der Waals surface area contributed by atoms with E-state index in [0.717, 1.165) is 0 Å². The summed E-state index contributed by atoms with van der Waals surface area (Å²) in [4.78, 5) is 34.1. The molecule has 0 aromatic heterocycles. The van der Waals surface area contributed by atoms with Crippen LogP contribution in [-0.4, -0.2) is 56.5 Å². The number of benzene rings is 2. The number of rotatable bonds is 7. The molecule has 0 saturated carbocycles. The second-order valence-electron chi connectivity index (χ2n) is 6.84. The van der Waals surface area contributed by atoms with Gasteiger partial charge in [0.25, 0.3) is 5.91 Å². The van der Waals surface area contributed by atoms with E-state index in [4.69, 9.17) is 18.9 Å². The average molecular weight is 452 g/mol. The lowest BCUT2D eigenvalue weighted by Crippen LogP contribution is -2.18. The van der Waals surface area contributed by atoms with Gasteiger partial charge in [-0.15, -0.1) is 0 Å². The van der Waals surface area contributed by atoms with Gasteiger partial charge in [-0.3, -0.25) is 4.79 Å². The predicted octanol–water partition coefficient (Wildman–Crippen LogP) is 3.50. The third-order valence-corrected chi connectivity index (χ3v) is 4.84. The Hall–Kier alpha value is -4.14. The summed E-state index contributed by atoms with van der Waals surface area (Å²) in [5, 5.41) is 10.2. The van der Waals surface area contributed by atoms with Crippen molar-refractivity contribution in [3.8, 4) is 17.2 Å². The third-order valence-electron chi connectivity index (χ3n) is 4.84. The van der Waals surface area contributed by atoms with Crippen LogP contribution < -0.4 is 14.2 Å². The monoisotopic (exact) mass is 452 g/mol. The van der Waals surface area contributed by atoms with E-state index < -0.39 is 11.9 Å². The van der Waals surface area contributed by atoms with Crippen molar-refractivity contribution in [2.45, 2.75) is 13.8 Å². The van der Waals surface area contributed by atoms with Crippen LogP contribution in [0.4, 0.5) is 0 Å². The molecule has 0 fully saturated rings. The molecule has 1 amide bonds. The number of aliphatic imine (C=N–C) groups is 2. The Morgan fingerprint density at radius 2 is 1.61 bits per heavy atom. The number of methoxy groups -OCH3 is 3. The number of hydrogen-bond acceptors (Lipinski definition) is 7. The molecule has 0 unspecified atom stereocenters. The summed E-state index contributed by atoms with van der Waals surface area (Å²) in [5.74, 6) is -0.519. The number of ether oxygens (including phenoxy) is 4. The maximum absolute atomic E-state index is 13.0. The lowest BCUT2D eigenvalue weighted by atomic mass is 9.99. The van der Waals surface area contributed by atoms with Crippen LogP contribution in [0.3, 0.4) is 0 Å². The molecule has 1 N–H and O–H groups in total. The Balaban J connectivity index is 2.11. The molecule has 2 aromatic rings. The summed E-state index contributed by atoms with van der Waals surface area (Å²) >= 11 is 0. The van der Waals surface area contributed by atoms with Gasteiger partial charge in [0, 0.05) is 16.7 Å². The summed E-state index contributed by atoms with van der Waals surface area (Å²) in [6.07, 6.45) is 0. The van der Waals surface area contributed by atoms with E-state index in [1.165, 1.54) is 40.4 Å². The van der Waals surface area contributed by atoms with Crippen molar-refractivity contribution in [2.75, 3.05) is 27.9 Å². The highest BCUT2D eigenvalue weighted by Crippen LogP contribution is 2.38. The van der Waals surface area contributed by atoms with E-state index >= 15 is 0 Å². The van der Waals surface area contributed by atoms with Crippen molar-refractivity contribution in [1.82, 2.24) is 0 Å². The van der Waals surface area contributed by atoms with Gasteiger partial charge >= 0.3 is 5.97 Å². The number of carbonyl (C=O) groups is 2. The number of amidine groups is 1. The first-order valence-electron chi connectivity index (χ1n) is 10.0. The first kappa shape index (κ1) is 23.5. The molecule has 172 valence electrons. The highest BCUT2D eigenvalue weighted by molar-refractivity contribution is 6.36. The van der Waals surface area contributed by atoms with Gasteiger partial charge in [0.2, 0.25) is 5.75 Å². The van der Waals surface area contributed by atoms with Crippen LogP contribution in [0.1, 0.15) is 35.3 Å². The van der Waals surface area contributed by atoms with E-state index in [1.54, 1.807) is 31.2 Å². The van der Waals surface area contributed by atoms with Crippen LogP contribution in [0.5, 0.6) is 17.2 Å². The van der Waals surface area contributed by atoms with Crippen molar-refractivity contribution >= 4 is 23.4 Å². The topological polar surface area (TPSA) is 116 Å². The maximum Gasteiger partial charge on any atom is 0.343 e. The zero-order chi connectivity index (χ0) is 24.1. The van der Waals surface area contributed by atoms with E-state index in [0.29, 0.717) is 28.4 Å². The van der Waals surface area contributed by atoms with Crippen molar-refractivity contribution in [3.63, 3.8) is 0 Å². The van der Waals surface area contributed by atoms with Gasteiger partial charge in [-0.2, -0.15) is 4.99 Å². The molecule has 0 aliphatic carbocycles. The first-order valence-corrected chi connectivity index (χ1v) is 10.0. The molecule has 0 bridgehead atoms. The zero-order valence-corrected chi connectivity index (χ0v) is 19.0. The summed E-state index contributed by atoms with van der Waals surface area (Å²) in [6, 6.07) is 9.94. The number of fused-ring (bicyclic) bond motifs is 1. The fraction of sp³-hybridized carbons (Fsp3) is 0.250. The van der Waals surface area contributed by atoms with Crippen LogP contribution >= 0.6 is 0 Å². The average Bonchev–Trinajstić information content (AvgIpc) is 3.15. The fourth-order valence-corrected chi connectivity index (χ4v) is 3.37. The molecule has 1 heterocycles. The summed E-state index contributed by atoms with van der Waals surface area (Å²) < 4.78 is 21.0. The van der Waals surface area contributed by atoms with Crippen LogP contribution in [0, 0.1) is 0 Å². The zero-order valence-electron chi connectivity index (χ0n) is 19.0. The lowest BCUT2D eigenvalue weighted by molar-refractivity contribution is -0.138. The molecular weight excluding hydrogens is 428 g/mol. The minimum atomic E-state index is -0.719. The Labute approximate surface area is 191 Å². The van der Waals surface area contributed by atoms with Gasteiger partial charge in [-0.1, -0.05) is 24.3 Å². The van der Waals surface area contributed by atoms with Crippen LogP contribution in [0.2, 0.25) is 0 Å². The van der Waals surface area contributed by atoms with Gasteiger partial charge in [-0.05, 0) is 26.0 Å². The molecule has 2 aromatic carbocycles. The Morgan fingerprint density at radius 3 is 2.12 bits per heavy atom. The molecule has 0 atom stereocenters. The number of carbonyl (C=O) groups excluding carboxylic acids is 2. The first-order chi connectivity index (χ1) is 15.9. The molecule has 0 radical (unpaired) electrons. The van der Waals surface area contributed by atoms with Gasteiger partial charge < -0.3 is 24.1 Å². The van der Waals surface area contributed by atoms with Crippen molar-refractivity contribution in [1.29, 1.82) is 0 Å². The lowest BCUT2D eigenvalue weighted by Gasteiger charge is -2.12. The number of hydrogen-bond donors (Lipinski definition) is 1. The highest BCUT2D eigenvalue weighted by Gasteiger charge is 2.30. The van der Waals surface area contributed by atoms with Crippen molar-refractivity contribution < 1.29 is 33.6 Å². The highest BCUT2D eigenvalue weighted by atomic mass is 16.5. The number of esters is 1. The molecule has 0 saturated heterocycles. The van der Waals surface area contributed by atoms with Crippen LogP contribution in [0.15, 0.2) is 57.7 Å². The standard InChI is InChI=1S/C24H24N2O7/c1-6-33-24(29)19(13(2)27)20-15-9-7-8-10-16(15)22(25-20)26-23(28)14-11-17(30-3)21(32-5)18(12-14)31-4/h7-12,27H,6H2,1-5H3/b19-13+,26-22?. The van der Waals surface area contributed by atoms with Crippen molar-refractivity contribution in [3.05, 3.63) is 64.4 Å². The second-order valence-corrected chi connectivity index (χ2v) is 6.84. The molecule has 1 aliphatic rings. The Kier molecular flexibility index (Phi) is 7.12. The Morgan fingerprint density at radius 1 is 1.00 bits per heavy atom. The number of aliphatic hydroxyl groups is 1. The second kappa shape index (κ2) is 9.99. The molecule has 9 nitrogen and oxygen atoms in total. The summed E-state index contributed by atoms with van der Waals surface area (Å²) in [7, 11) is 4.36. The van der Waals surface area contributed by atoms with Gasteiger partial charge in [0.15, 0.2) is 17.3 Å². The van der Waals surface area contributed by atoms with E-state index in [9.17, 15) is 14.7 Å². The molecular formula is C24H24N2O7. The maximum atomic E-state index is 13.0. The largest absolute Gasteiger partial charge is 0.512 e. The molecule has 0 spiro atoms. The van der Waals surface area contributed by atoms with Gasteiger partial charge in [0.1, 0.15) is 11.3 Å². The number of nitrogens with zero attached hydrogens (tertiary/aromatic N) is 2. The van der Waals surface area contributed by atoms with Crippen LogP contribution in [0.25, 0.3) is 0 Å².